The molecule has 3 N–H and O–H groups in total. The van der Waals surface area contributed by atoms with Crippen molar-refractivity contribution in [3.05, 3.63) is 23.2 Å². The van der Waals surface area contributed by atoms with Crippen LogP contribution in [-0.4, -0.2) is 16.3 Å². The first-order valence-corrected chi connectivity index (χ1v) is 6.12. The molecule has 0 aliphatic rings. The molecule has 0 aliphatic carbocycles. The lowest BCUT2D eigenvalue weighted by Crippen LogP contribution is -2.22. The molecule has 0 amide bonds. The molecule has 1 rings (SSSR count). The monoisotopic (exact) mass is 259 g/mol. The zero-order valence-corrected chi connectivity index (χ0v) is 10.7. The highest BCUT2D eigenvalue weighted by Crippen LogP contribution is 2.34. The van der Waals surface area contributed by atoms with E-state index in [4.69, 9.17) is 22.4 Å². The van der Waals surface area contributed by atoms with Gasteiger partial charge in [0.25, 0.3) is 0 Å². The van der Waals surface area contributed by atoms with Crippen molar-refractivity contribution < 1.29 is 9.90 Å². The van der Waals surface area contributed by atoms with E-state index in [-0.39, 0.29) is 5.92 Å². The van der Waals surface area contributed by atoms with Crippen molar-refractivity contribution in [2.75, 3.05) is 5.73 Å². The van der Waals surface area contributed by atoms with E-state index in [1.807, 2.05) is 13.8 Å². The molecule has 0 bridgehead atoms. The quantitative estimate of drug-likeness (QED) is 0.644. The van der Waals surface area contributed by atoms with Crippen molar-refractivity contribution in [2.45, 2.75) is 24.0 Å². The average Bonchev–Trinajstić information content (AvgIpc) is 2.18. The van der Waals surface area contributed by atoms with Crippen molar-refractivity contribution in [3.63, 3.8) is 0 Å². The number of nitrogens with two attached hydrogens (primary N) is 1. The Morgan fingerprint density at radius 3 is 2.62 bits per heavy atom. The Bertz CT molecular complexity index is 396. The first-order valence-electron chi connectivity index (χ1n) is 4.86. The largest absolute Gasteiger partial charge is 0.480 e. The van der Waals surface area contributed by atoms with Crippen LogP contribution in [0.1, 0.15) is 13.8 Å². The highest BCUT2D eigenvalue weighted by atomic mass is 35.5. The Hall–Kier alpha value is -0.870. The van der Waals surface area contributed by atoms with E-state index in [0.717, 1.165) is 0 Å². The van der Waals surface area contributed by atoms with Crippen LogP contribution in [0.5, 0.6) is 0 Å². The van der Waals surface area contributed by atoms with E-state index in [9.17, 15) is 4.79 Å². The van der Waals surface area contributed by atoms with Crippen LogP contribution >= 0.6 is 23.4 Å². The fourth-order valence-corrected chi connectivity index (χ4v) is 2.50. The summed E-state index contributed by atoms with van der Waals surface area (Å²) in [5, 5.41) is 9.12. The Morgan fingerprint density at radius 1 is 1.50 bits per heavy atom. The van der Waals surface area contributed by atoms with Crippen LogP contribution < -0.4 is 5.73 Å². The zero-order valence-electron chi connectivity index (χ0n) is 9.11. The van der Waals surface area contributed by atoms with Gasteiger partial charge in [-0.3, -0.25) is 4.79 Å². The van der Waals surface area contributed by atoms with Crippen molar-refractivity contribution in [2.24, 2.45) is 5.92 Å². The van der Waals surface area contributed by atoms with E-state index in [1.165, 1.54) is 11.8 Å². The molecule has 0 aliphatic heterocycles. The molecule has 1 aromatic carbocycles. The Labute approximate surface area is 104 Å². The van der Waals surface area contributed by atoms with Crippen LogP contribution in [-0.2, 0) is 4.79 Å². The second-order valence-corrected chi connectivity index (χ2v) is 5.42. The second-order valence-electron chi connectivity index (χ2n) is 3.80. The van der Waals surface area contributed by atoms with Crippen molar-refractivity contribution in [3.8, 4) is 0 Å². The van der Waals surface area contributed by atoms with Crippen molar-refractivity contribution >= 4 is 35.0 Å². The number of carboxylic acid groups (broad SMARTS) is 1. The number of rotatable bonds is 4. The summed E-state index contributed by atoms with van der Waals surface area (Å²) in [5.41, 5.74) is 6.32. The van der Waals surface area contributed by atoms with Gasteiger partial charge in [0.05, 0.1) is 0 Å². The minimum atomic E-state index is -0.834. The predicted octanol–water partition coefficient (Wildman–Crippen LogP) is 3.12. The molecule has 16 heavy (non-hydrogen) atoms. The number of nitrogen functional groups attached to an aromatic ring is 1. The van der Waals surface area contributed by atoms with E-state index >= 15 is 0 Å². The molecule has 5 heteroatoms. The molecule has 3 nitrogen and oxygen atoms in total. The summed E-state index contributed by atoms with van der Waals surface area (Å²) < 4.78 is 0. The molecular formula is C11H14ClNO2S. The van der Waals surface area contributed by atoms with Gasteiger partial charge in [0.1, 0.15) is 5.25 Å². The molecule has 0 saturated carbocycles. The average molecular weight is 260 g/mol. The molecular weight excluding hydrogens is 246 g/mol. The molecule has 0 saturated heterocycles. The number of aliphatic carboxylic acids is 1. The lowest BCUT2D eigenvalue weighted by Gasteiger charge is -2.16. The summed E-state index contributed by atoms with van der Waals surface area (Å²) in [6.45, 7) is 3.74. The zero-order chi connectivity index (χ0) is 12.3. The summed E-state index contributed by atoms with van der Waals surface area (Å²) in [5.74, 6) is -0.805. The van der Waals surface area contributed by atoms with Crippen LogP contribution in [0, 0.1) is 5.92 Å². The van der Waals surface area contributed by atoms with Gasteiger partial charge in [0, 0.05) is 15.6 Å². The number of carboxylic acids is 1. The number of hydrogen-bond donors (Lipinski definition) is 2. The molecule has 0 fully saturated rings. The molecule has 1 aromatic rings. The van der Waals surface area contributed by atoms with Gasteiger partial charge < -0.3 is 10.8 Å². The van der Waals surface area contributed by atoms with Crippen molar-refractivity contribution in [1.82, 2.24) is 0 Å². The second kappa shape index (κ2) is 5.46. The van der Waals surface area contributed by atoms with Gasteiger partial charge in [0.15, 0.2) is 0 Å². The summed E-state index contributed by atoms with van der Waals surface area (Å²) in [6.07, 6.45) is 0. The molecule has 0 aromatic heterocycles. The van der Waals surface area contributed by atoms with E-state index in [2.05, 4.69) is 0 Å². The first kappa shape index (κ1) is 13.2. The van der Waals surface area contributed by atoms with Gasteiger partial charge in [-0.2, -0.15) is 0 Å². The molecule has 0 radical (unpaired) electrons. The van der Waals surface area contributed by atoms with E-state index in [0.29, 0.717) is 15.6 Å². The number of hydrogen-bond acceptors (Lipinski definition) is 3. The number of carbonyl (C=O) groups is 1. The van der Waals surface area contributed by atoms with Gasteiger partial charge >= 0.3 is 5.97 Å². The highest BCUT2D eigenvalue weighted by Gasteiger charge is 2.23. The third kappa shape index (κ3) is 3.32. The van der Waals surface area contributed by atoms with E-state index < -0.39 is 11.2 Å². The number of thioether (sulfide) groups is 1. The number of benzene rings is 1. The normalized spacial score (nSPS) is 12.8. The van der Waals surface area contributed by atoms with Crippen LogP contribution in [0.25, 0.3) is 0 Å². The van der Waals surface area contributed by atoms with Gasteiger partial charge in [-0.15, -0.1) is 11.8 Å². The van der Waals surface area contributed by atoms with E-state index in [1.54, 1.807) is 18.2 Å². The Balaban J connectivity index is 2.93. The lowest BCUT2D eigenvalue weighted by molar-refractivity contribution is -0.137. The molecule has 1 unspecified atom stereocenters. The van der Waals surface area contributed by atoms with Gasteiger partial charge in [-0.05, 0) is 24.1 Å². The summed E-state index contributed by atoms with van der Waals surface area (Å²) in [7, 11) is 0. The maximum absolute atomic E-state index is 11.0. The summed E-state index contributed by atoms with van der Waals surface area (Å²) in [4.78, 5) is 11.8. The fourth-order valence-electron chi connectivity index (χ4n) is 1.22. The van der Waals surface area contributed by atoms with Crippen LogP contribution in [0.15, 0.2) is 23.1 Å². The Kier molecular flexibility index (Phi) is 4.50. The maximum atomic E-state index is 11.0. The molecule has 0 heterocycles. The lowest BCUT2D eigenvalue weighted by atomic mass is 10.1. The molecule has 0 spiro atoms. The number of halogens is 1. The topological polar surface area (TPSA) is 63.3 Å². The van der Waals surface area contributed by atoms with Gasteiger partial charge in [0.2, 0.25) is 0 Å². The standard InChI is InChI=1S/C11H14ClNO2S/c1-6(2)10(11(14)15)16-9-5-7(12)3-4-8(9)13/h3-6,10H,13H2,1-2H3,(H,14,15). The predicted molar refractivity (Wildman–Crippen MR) is 68.0 cm³/mol. The highest BCUT2D eigenvalue weighted by molar-refractivity contribution is 8.00. The van der Waals surface area contributed by atoms with Gasteiger partial charge in [-0.1, -0.05) is 25.4 Å². The third-order valence-electron chi connectivity index (χ3n) is 2.08. The fraction of sp³-hybridized carbons (Fsp3) is 0.364. The smallest absolute Gasteiger partial charge is 0.317 e. The Morgan fingerprint density at radius 2 is 2.12 bits per heavy atom. The minimum absolute atomic E-state index is 0.0286. The molecule has 88 valence electrons. The molecule has 1 atom stereocenters. The van der Waals surface area contributed by atoms with Crippen LogP contribution in [0.4, 0.5) is 5.69 Å². The number of anilines is 1. The summed E-state index contributed by atoms with van der Waals surface area (Å²) in [6, 6.07) is 5.07. The van der Waals surface area contributed by atoms with Gasteiger partial charge in [-0.25, -0.2) is 0 Å². The third-order valence-corrected chi connectivity index (χ3v) is 3.92. The SMILES string of the molecule is CC(C)C(Sc1cc(Cl)ccc1N)C(=O)O. The van der Waals surface area contributed by atoms with Crippen LogP contribution in [0.3, 0.4) is 0 Å². The van der Waals surface area contributed by atoms with Crippen molar-refractivity contribution in [1.29, 1.82) is 0 Å². The first-order chi connectivity index (χ1) is 7.41. The maximum Gasteiger partial charge on any atom is 0.317 e. The minimum Gasteiger partial charge on any atom is -0.480 e. The summed E-state index contributed by atoms with van der Waals surface area (Å²) >= 11 is 7.08. The van der Waals surface area contributed by atoms with Crippen LogP contribution in [0.2, 0.25) is 5.02 Å².